The van der Waals surface area contributed by atoms with E-state index in [1.165, 1.54) is 0 Å². The van der Waals surface area contributed by atoms with E-state index in [2.05, 4.69) is 4.98 Å². The van der Waals surface area contributed by atoms with Crippen LogP contribution >= 0.6 is 0 Å². The molecule has 18 heavy (non-hydrogen) atoms. The summed E-state index contributed by atoms with van der Waals surface area (Å²) in [5, 5.41) is 10.7. The van der Waals surface area contributed by atoms with Crippen LogP contribution in [-0.4, -0.2) is 10.1 Å². The number of benzene rings is 1. The molecule has 0 spiro atoms. The highest BCUT2D eigenvalue weighted by Gasteiger charge is 2.25. The molecule has 0 aliphatic rings. The van der Waals surface area contributed by atoms with Crippen molar-refractivity contribution in [3.63, 3.8) is 0 Å². The molecule has 94 valence electrons. The van der Waals surface area contributed by atoms with Crippen LogP contribution in [0.2, 0.25) is 0 Å². The first kappa shape index (κ1) is 12.6. The SMILES string of the molecule is Cc1ccccc1C(C)(O)Cc1cnccc1N. The molecule has 3 N–H and O–H groups in total. The van der Waals surface area contributed by atoms with Gasteiger partial charge in [0.2, 0.25) is 0 Å². The summed E-state index contributed by atoms with van der Waals surface area (Å²) in [6, 6.07) is 9.60. The Hall–Kier alpha value is -1.87. The Labute approximate surface area is 107 Å². The number of aromatic nitrogens is 1. The Kier molecular flexibility index (Phi) is 3.34. The summed E-state index contributed by atoms with van der Waals surface area (Å²) in [7, 11) is 0. The second kappa shape index (κ2) is 4.78. The van der Waals surface area contributed by atoms with Gasteiger partial charge in [-0.2, -0.15) is 0 Å². The van der Waals surface area contributed by atoms with Gasteiger partial charge in [0.1, 0.15) is 0 Å². The fourth-order valence-corrected chi connectivity index (χ4v) is 2.23. The molecule has 3 nitrogen and oxygen atoms in total. The van der Waals surface area contributed by atoms with Gasteiger partial charge in [-0.15, -0.1) is 0 Å². The van der Waals surface area contributed by atoms with Crippen LogP contribution < -0.4 is 5.73 Å². The predicted octanol–water partition coefficient (Wildman–Crippen LogP) is 2.42. The van der Waals surface area contributed by atoms with Crippen molar-refractivity contribution in [3.05, 3.63) is 59.4 Å². The van der Waals surface area contributed by atoms with Gasteiger partial charge >= 0.3 is 0 Å². The average Bonchev–Trinajstić information content (AvgIpc) is 2.32. The highest BCUT2D eigenvalue weighted by Crippen LogP contribution is 2.29. The third kappa shape index (κ3) is 2.51. The maximum atomic E-state index is 10.7. The number of aryl methyl sites for hydroxylation is 1. The molecule has 1 heterocycles. The van der Waals surface area contributed by atoms with Crippen LogP contribution in [0.1, 0.15) is 23.6 Å². The van der Waals surface area contributed by atoms with Gasteiger partial charge in [0.05, 0.1) is 5.60 Å². The largest absolute Gasteiger partial charge is 0.398 e. The van der Waals surface area contributed by atoms with Gasteiger partial charge in [-0.3, -0.25) is 4.98 Å². The van der Waals surface area contributed by atoms with E-state index in [0.29, 0.717) is 12.1 Å². The molecule has 1 aromatic carbocycles. The van der Waals surface area contributed by atoms with Gasteiger partial charge in [-0.1, -0.05) is 24.3 Å². The fourth-order valence-electron chi connectivity index (χ4n) is 2.23. The minimum Gasteiger partial charge on any atom is -0.398 e. The van der Waals surface area contributed by atoms with E-state index in [9.17, 15) is 5.11 Å². The summed E-state index contributed by atoms with van der Waals surface area (Å²) in [6.45, 7) is 3.80. The highest BCUT2D eigenvalue weighted by atomic mass is 16.3. The molecular weight excluding hydrogens is 224 g/mol. The number of nitrogens with zero attached hydrogens (tertiary/aromatic N) is 1. The number of rotatable bonds is 3. The molecule has 2 aromatic rings. The first-order valence-corrected chi connectivity index (χ1v) is 5.97. The van der Waals surface area contributed by atoms with Gasteiger partial charge in [0.15, 0.2) is 0 Å². The summed E-state index contributed by atoms with van der Waals surface area (Å²) in [5.41, 5.74) is 8.48. The van der Waals surface area contributed by atoms with Crippen molar-refractivity contribution in [1.29, 1.82) is 0 Å². The lowest BCUT2D eigenvalue weighted by Gasteiger charge is -2.26. The third-order valence-electron chi connectivity index (χ3n) is 3.20. The number of anilines is 1. The van der Waals surface area contributed by atoms with E-state index in [-0.39, 0.29) is 0 Å². The molecule has 1 unspecified atom stereocenters. The van der Waals surface area contributed by atoms with Crippen LogP contribution in [0.15, 0.2) is 42.7 Å². The lowest BCUT2D eigenvalue weighted by molar-refractivity contribution is 0.0570. The summed E-state index contributed by atoms with van der Waals surface area (Å²) < 4.78 is 0. The average molecular weight is 242 g/mol. The zero-order valence-corrected chi connectivity index (χ0v) is 10.7. The molecule has 3 heteroatoms. The first-order valence-electron chi connectivity index (χ1n) is 5.97. The Bertz CT molecular complexity index is 550. The number of hydrogen-bond donors (Lipinski definition) is 2. The zero-order valence-electron chi connectivity index (χ0n) is 10.7. The van der Waals surface area contributed by atoms with Crippen molar-refractivity contribution in [2.45, 2.75) is 25.9 Å². The number of hydrogen-bond acceptors (Lipinski definition) is 3. The van der Waals surface area contributed by atoms with Crippen LogP contribution in [-0.2, 0) is 12.0 Å². The normalized spacial score (nSPS) is 14.2. The van der Waals surface area contributed by atoms with E-state index < -0.39 is 5.60 Å². The number of pyridine rings is 1. The molecule has 1 aromatic heterocycles. The van der Waals surface area contributed by atoms with Gasteiger partial charge < -0.3 is 10.8 Å². The first-order chi connectivity index (χ1) is 8.50. The molecule has 0 saturated heterocycles. The van der Waals surface area contributed by atoms with Gasteiger partial charge in [-0.25, -0.2) is 0 Å². The van der Waals surface area contributed by atoms with Gasteiger partial charge in [0.25, 0.3) is 0 Å². The molecule has 0 aliphatic carbocycles. The predicted molar refractivity (Wildman–Crippen MR) is 73.1 cm³/mol. The summed E-state index contributed by atoms with van der Waals surface area (Å²) in [6.07, 6.45) is 3.82. The van der Waals surface area contributed by atoms with Crippen LogP contribution in [0.25, 0.3) is 0 Å². The molecule has 2 rings (SSSR count). The lowest BCUT2D eigenvalue weighted by atomic mass is 9.86. The van der Waals surface area contributed by atoms with Crippen molar-refractivity contribution in [1.82, 2.24) is 4.98 Å². The summed E-state index contributed by atoms with van der Waals surface area (Å²) in [4.78, 5) is 4.05. The van der Waals surface area contributed by atoms with Crippen LogP contribution in [0.5, 0.6) is 0 Å². The van der Waals surface area contributed by atoms with Crippen LogP contribution in [0, 0.1) is 6.92 Å². The standard InChI is InChI=1S/C15H18N2O/c1-11-5-3-4-6-13(11)15(2,18)9-12-10-17-8-7-14(12)16/h3-8,10,18H,9H2,1-2H3,(H2,16,17). The molecule has 0 aliphatic heterocycles. The molecule has 0 fully saturated rings. The van der Waals surface area contributed by atoms with E-state index in [0.717, 1.165) is 16.7 Å². The number of nitrogen functional groups attached to an aromatic ring is 1. The number of aliphatic hydroxyl groups is 1. The van der Waals surface area contributed by atoms with Crippen LogP contribution in [0.4, 0.5) is 5.69 Å². The van der Waals surface area contributed by atoms with E-state index in [4.69, 9.17) is 5.73 Å². The molecular formula is C15H18N2O. The third-order valence-corrected chi connectivity index (χ3v) is 3.20. The second-order valence-corrected chi connectivity index (χ2v) is 4.84. The molecule has 1 atom stereocenters. The summed E-state index contributed by atoms with van der Waals surface area (Å²) >= 11 is 0. The minimum atomic E-state index is -0.942. The maximum Gasteiger partial charge on any atom is 0.0912 e. The molecule has 0 bridgehead atoms. The van der Waals surface area contributed by atoms with Crippen LogP contribution in [0.3, 0.4) is 0 Å². The monoisotopic (exact) mass is 242 g/mol. The quantitative estimate of drug-likeness (QED) is 0.869. The zero-order chi connectivity index (χ0) is 13.2. The Morgan fingerprint density at radius 1 is 1.28 bits per heavy atom. The van der Waals surface area contributed by atoms with E-state index in [1.807, 2.05) is 38.1 Å². The topological polar surface area (TPSA) is 59.1 Å². The van der Waals surface area contributed by atoms with Gasteiger partial charge in [0, 0.05) is 24.5 Å². The molecule has 0 amide bonds. The van der Waals surface area contributed by atoms with Crippen molar-refractivity contribution in [3.8, 4) is 0 Å². The summed E-state index contributed by atoms with van der Waals surface area (Å²) in [5.74, 6) is 0. The Morgan fingerprint density at radius 3 is 2.67 bits per heavy atom. The van der Waals surface area contributed by atoms with Gasteiger partial charge in [-0.05, 0) is 36.6 Å². The Morgan fingerprint density at radius 2 is 2.00 bits per heavy atom. The second-order valence-electron chi connectivity index (χ2n) is 4.84. The van der Waals surface area contributed by atoms with Crippen molar-refractivity contribution in [2.24, 2.45) is 0 Å². The minimum absolute atomic E-state index is 0.456. The number of nitrogens with two attached hydrogens (primary N) is 1. The fraction of sp³-hybridized carbons (Fsp3) is 0.267. The van der Waals surface area contributed by atoms with Crippen molar-refractivity contribution >= 4 is 5.69 Å². The van der Waals surface area contributed by atoms with E-state index >= 15 is 0 Å². The Balaban J connectivity index is 2.33. The lowest BCUT2D eigenvalue weighted by Crippen LogP contribution is -2.26. The smallest absolute Gasteiger partial charge is 0.0912 e. The molecule has 0 saturated carbocycles. The molecule has 0 radical (unpaired) electrons. The van der Waals surface area contributed by atoms with Crippen molar-refractivity contribution in [2.75, 3.05) is 5.73 Å². The highest BCUT2D eigenvalue weighted by molar-refractivity contribution is 5.46. The van der Waals surface area contributed by atoms with E-state index in [1.54, 1.807) is 18.5 Å². The maximum absolute atomic E-state index is 10.7. The van der Waals surface area contributed by atoms with Crippen molar-refractivity contribution < 1.29 is 5.11 Å².